The Hall–Kier alpha value is -2.28. The number of carbonyl (C=O) groups is 1. The lowest BCUT2D eigenvalue weighted by Crippen LogP contribution is -2.40. The third kappa shape index (κ3) is 3.62. The molecule has 1 aliphatic heterocycles. The van der Waals surface area contributed by atoms with Gasteiger partial charge in [0, 0.05) is 51.3 Å². The van der Waals surface area contributed by atoms with Crippen LogP contribution in [0.5, 0.6) is 0 Å². The van der Waals surface area contributed by atoms with Gasteiger partial charge in [0.2, 0.25) is 0 Å². The van der Waals surface area contributed by atoms with Crippen LogP contribution in [-0.2, 0) is 11.3 Å². The van der Waals surface area contributed by atoms with Crippen LogP contribution < -0.4 is 0 Å². The second-order valence-corrected chi connectivity index (χ2v) is 6.10. The Morgan fingerprint density at radius 3 is 2.96 bits per heavy atom. The molecule has 24 heavy (non-hydrogen) atoms. The van der Waals surface area contributed by atoms with Gasteiger partial charge in [-0.1, -0.05) is 0 Å². The number of imidazole rings is 1. The number of likely N-dealkylation sites (tertiary alicyclic amines) is 1. The average molecular weight is 329 g/mol. The van der Waals surface area contributed by atoms with E-state index in [2.05, 4.69) is 19.5 Å². The molecule has 7 nitrogen and oxygen atoms in total. The van der Waals surface area contributed by atoms with E-state index < -0.39 is 0 Å². The quantitative estimate of drug-likeness (QED) is 0.834. The first-order valence-electron chi connectivity index (χ1n) is 8.27. The summed E-state index contributed by atoms with van der Waals surface area (Å²) in [7, 11) is 1.69. The van der Waals surface area contributed by atoms with Crippen molar-refractivity contribution < 1.29 is 9.53 Å². The Labute approximate surface area is 141 Å². The second kappa shape index (κ2) is 7.53. The minimum Gasteiger partial charge on any atom is -0.383 e. The lowest BCUT2D eigenvalue weighted by atomic mass is 9.97. The Bertz CT molecular complexity index is 683. The maximum Gasteiger partial charge on any atom is 0.274 e. The maximum atomic E-state index is 12.7. The molecule has 2 aromatic heterocycles. The summed E-state index contributed by atoms with van der Waals surface area (Å²) < 4.78 is 7.27. The van der Waals surface area contributed by atoms with Crippen molar-refractivity contribution in [2.75, 3.05) is 26.8 Å². The van der Waals surface area contributed by atoms with Gasteiger partial charge in [-0.3, -0.25) is 9.78 Å². The van der Waals surface area contributed by atoms with Gasteiger partial charge < -0.3 is 14.2 Å². The van der Waals surface area contributed by atoms with Crippen LogP contribution in [0.15, 0.2) is 24.8 Å². The predicted molar refractivity (Wildman–Crippen MR) is 88.8 cm³/mol. The number of nitrogens with zero attached hydrogens (tertiary/aromatic N) is 5. The molecule has 0 spiro atoms. The summed E-state index contributed by atoms with van der Waals surface area (Å²) in [5.41, 5.74) is 1.22. The van der Waals surface area contributed by atoms with Crippen molar-refractivity contribution in [2.45, 2.75) is 32.2 Å². The van der Waals surface area contributed by atoms with Gasteiger partial charge in [-0.05, 0) is 19.8 Å². The molecule has 1 fully saturated rings. The second-order valence-electron chi connectivity index (χ2n) is 6.10. The van der Waals surface area contributed by atoms with E-state index in [4.69, 9.17) is 4.74 Å². The van der Waals surface area contributed by atoms with Gasteiger partial charge in [0.15, 0.2) is 0 Å². The highest BCUT2D eigenvalue weighted by molar-refractivity contribution is 5.92. The fourth-order valence-electron chi connectivity index (χ4n) is 3.10. The standard InChI is InChI=1S/C17H23N5O2/c1-13-10-20-15(11-19-13)17(23)22-6-3-4-14(12-22)16-18-5-7-21(16)8-9-24-2/h5,7,10-11,14H,3-4,6,8-9,12H2,1-2H3/t14-/m1/s1. The molecule has 0 bridgehead atoms. The summed E-state index contributed by atoms with van der Waals surface area (Å²) in [4.78, 5) is 27.4. The van der Waals surface area contributed by atoms with Crippen LogP contribution in [-0.4, -0.2) is 57.1 Å². The molecule has 1 aliphatic rings. The van der Waals surface area contributed by atoms with Crippen LogP contribution in [0.2, 0.25) is 0 Å². The monoisotopic (exact) mass is 329 g/mol. The average Bonchev–Trinajstić information content (AvgIpc) is 3.08. The third-order valence-electron chi connectivity index (χ3n) is 4.36. The molecular weight excluding hydrogens is 306 g/mol. The molecule has 2 aromatic rings. The first kappa shape index (κ1) is 16.6. The normalized spacial score (nSPS) is 17.9. The largest absolute Gasteiger partial charge is 0.383 e. The summed E-state index contributed by atoms with van der Waals surface area (Å²) >= 11 is 0. The van der Waals surface area contributed by atoms with Crippen LogP contribution in [0, 0.1) is 6.92 Å². The highest BCUT2D eigenvalue weighted by Crippen LogP contribution is 2.26. The zero-order valence-electron chi connectivity index (χ0n) is 14.2. The van der Waals surface area contributed by atoms with Gasteiger partial charge in [-0.2, -0.15) is 0 Å². The number of aryl methyl sites for hydroxylation is 1. The highest BCUT2D eigenvalue weighted by Gasteiger charge is 2.28. The molecule has 0 N–H and O–H groups in total. The van der Waals surface area contributed by atoms with Crippen molar-refractivity contribution in [3.8, 4) is 0 Å². The molecule has 0 saturated carbocycles. The SMILES string of the molecule is COCCn1ccnc1[C@@H]1CCCN(C(=O)c2cnc(C)cn2)C1. The molecule has 1 atom stereocenters. The first-order chi connectivity index (χ1) is 11.7. The summed E-state index contributed by atoms with van der Waals surface area (Å²) in [5, 5.41) is 0. The number of amides is 1. The number of hydrogen-bond acceptors (Lipinski definition) is 5. The molecular formula is C17H23N5O2. The fraction of sp³-hybridized carbons (Fsp3) is 0.529. The lowest BCUT2D eigenvalue weighted by molar-refractivity contribution is 0.0696. The van der Waals surface area contributed by atoms with Crippen LogP contribution in [0.4, 0.5) is 0 Å². The summed E-state index contributed by atoms with van der Waals surface area (Å²) in [6, 6.07) is 0. The Morgan fingerprint density at radius 2 is 2.21 bits per heavy atom. The zero-order chi connectivity index (χ0) is 16.9. The van der Waals surface area contributed by atoms with Gasteiger partial charge in [-0.25, -0.2) is 9.97 Å². The number of aromatic nitrogens is 4. The van der Waals surface area contributed by atoms with Crippen LogP contribution in [0.25, 0.3) is 0 Å². The van der Waals surface area contributed by atoms with Crippen LogP contribution in [0.1, 0.15) is 40.8 Å². The van der Waals surface area contributed by atoms with Gasteiger partial charge in [0.25, 0.3) is 5.91 Å². The minimum atomic E-state index is -0.0535. The van der Waals surface area contributed by atoms with Crippen molar-refractivity contribution in [2.24, 2.45) is 0 Å². The lowest BCUT2D eigenvalue weighted by Gasteiger charge is -2.32. The van der Waals surface area contributed by atoms with Gasteiger partial charge in [-0.15, -0.1) is 0 Å². The summed E-state index contributed by atoms with van der Waals surface area (Å²) in [6.07, 6.45) is 8.98. The summed E-state index contributed by atoms with van der Waals surface area (Å²) in [5.74, 6) is 1.22. The van der Waals surface area contributed by atoms with E-state index in [1.165, 1.54) is 0 Å². The molecule has 1 amide bonds. The molecule has 1 saturated heterocycles. The number of methoxy groups -OCH3 is 1. The predicted octanol–water partition coefficient (Wildman–Crippen LogP) is 1.65. The molecule has 0 unspecified atom stereocenters. The van der Waals surface area contributed by atoms with Crippen LogP contribution >= 0.6 is 0 Å². The Kier molecular flexibility index (Phi) is 5.20. The van der Waals surface area contributed by atoms with E-state index in [1.54, 1.807) is 19.5 Å². The Morgan fingerprint density at radius 1 is 1.33 bits per heavy atom. The molecule has 7 heteroatoms. The number of rotatable bonds is 5. The first-order valence-corrected chi connectivity index (χ1v) is 8.27. The number of piperidine rings is 1. The topological polar surface area (TPSA) is 73.1 Å². The molecule has 3 rings (SSSR count). The zero-order valence-corrected chi connectivity index (χ0v) is 14.2. The smallest absolute Gasteiger partial charge is 0.274 e. The van der Waals surface area contributed by atoms with E-state index >= 15 is 0 Å². The van der Waals surface area contributed by atoms with E-state index in [9.17, 15) is 4.79 Å². The van der Waals surface area contributed by atoms with Crippen molar-refractivity contribution in [3.63, 3.8) is 0 Å². The molecule has 128 valence electrons. The molecule has 0 radical (unpaired) electrons. The van der Waals surface area contributed by atoms with E-state index in [1.807, 2.05) is 24.2 Å². The minimum absolute atomic E-state index is 0.0535. The highest BCUT2D eigenvalue weighted by atomic mass is 16.5. The van der Waals surface area contributed by atoms with Gasteiger partial charge in [0.05, 0.1) is 18.5 Å². The number of carbonyl (C=O) groups excluding carboxylic acids is 1. The van der Waals surface area contributed by atoms with Crippen molar-refractivity contribution in [3.05, 3.63) is 42.0 Å². The molecule has 3 heterocycles. The van der Waals surface area contributed by atoms with Gasteiger partial charge >= 0.3 is 0 Å². The third-order valence-corrected chi connectivity index (χ3v) is 4.36. The van der Waals surface area contributed by atoms with E-state index in [-0.39, 0.29) is 11.8 Å². The Balaban J connectivity index is 1.71. The summed E-state index contributed by atoms with van der Waals surface area (Å²) in [6.45, 7) is 4.71. The van der Waals surface area contributed by atoms with Gasteiger partial charge in [0.1, 0.15) is 11.5 Å². The van der Waals surface area contributed by atoms with Crippen molar-refractivity contribution in [1.29, 1.82) is 0 Å². The maximum absolute atomic E-state index is 12.7. The van der Waals surface area contributed by atoms with Crippen molar-refractivity contribution in [1.82, 2.24) is 24.4 Å². The molecule has 0 aliphatic carbocycles. The fourth-order valence-corrected chi connectivity index (χ4v) is 3.10. The number of hydrogen-bond donors (Lipinski definition) is 0. The van der Waals surface area contributed by atoms with Crippen LogP contribution in [0.3, 0.4) is 0 Å². The molecule has 0 aromatic carbocycles. The van der Waals surface area contributed by atoms with Crippen molar-refractivity contribution >= 4 is 5.91 Å². The van der Waals surface area contributed by atoms with E-state index in [0.29, 0.717) is 18.8 Å². The van der Waals surface area contributed by atoms with E-state index in [0.717, 1.165) is 37.4 Å². The number of ether oxygens (including phenoxy) is 1.